The summed E-state index contributed by atoms with van der Waals surface area (Å²) >= 11 is 6.82. The van der Waals surface area contributed by atoms with Crippen LogP contribution in [0, 0.1) is 18.2 Å². The summed E-state index contributed by atoms with van der Waals surface area (Å²) in [4.78, 5) is 48.7. The maximum atomic E-state index is 15.4. The molecule has 0 N–H and O–H groups in total. The predicted octanol–water partition coefficient (Wildman–Crippen LogP) is 5.48. The first kappa shape index (κ1) is 30.8. The monoisotopic (exact) mass is 613 g/mol. The summed E-state index contributed by atoms with van der Waals surface area (Å²) in [6.45, 7) is 14.7. The third kappa shape index (κ3) is 5.44. The van der Waals surface area contributed by atoms with E-state index in [-0.39, 0.29) is 45.7 Å². The zero-order valence-electron chi connectivity index (χ0n) is 25.3. The largest absolute Gasteiger partial charge is 0.355 e. The molecular formula is C33H33ClFN7O2. The molecule has 0 saturated carbocycles. The van der Waals surface area contributed by atoms with Crippen LogP contribution in [0.5, 0.6) is 0 Å². The summed E-state index contributed by atoms with van der Waals surface area (Å²) in [5.74, 6) is 1.91. The molecule has 0 unspecified atom stereocenters. The standard InChI is InChI=1S/C33H33ClFN7O2/c1-8-21-10-11-22(25(35)14-21)29-24(34)15-23-31(41-13-12-40(16-20(41)7)26(43)9-2)39-33(44)42(32(23)38-29)30-27(18(3)4)36-17-37-28(30)19(5)6/h1,9-11,14-15,17-20H,2,12-13,16H2,3-7H3/t20-/m0/s1. The van der Waals surface area contributed by atoms with Crippen molar-refractivity contribution < 1.29 is 9.18 Å². The summed E-state index contributed by atoms with van der Waals surface area (Å²) in [6.07, 6.45) is 8.26. The highest BCUT2D eigenvalue weighted by atomic mass is 35.5. The minimum atomic E-state index is -0.595. The van der Waals surface area contributed by atoms with Gasteiger partial charge in [-0.05, 0) is 49.1 Å². The van der Waals surface area contributed by atoms with Crippen LogP contribution < -0.4 is 10.6 Å². The van der Waals surface area contributed by atoms with Crippen LogP contribution in [0.3, 0.4) is 0 Å². The highest BCUT2D eigenvalue weighted by Gasteiger charge is 2.31. The molecule has 0 radical (unpaired) electrons. The van der Waals surface area contributed by atoms with Crippen LogP contribution in [-0.2, 0) is 4.79 Å². The lowest BCUT2D eigenvalue weighted by molar-refractivity contribution is -0.126. The Morgan fingerprint density at radius 1 is 1.14 bits per heavy atom. The first-order valence-electron chi connectivity index (χ1n) is 14.4. The Labute approximate surface area is 260 Å². The maximum absolute atomic E-state index is 15.4. The molecule has 1 aliphatic rings. The molecule has 3 aromatic heterocycles. The van der Waals surface area contributed by atoms with Gasteiger partial charge in [-0.15, -0.1) is 6.42 Å². The van der Waals surface area contributed by atoms with Crippen molar-refractivity contribution in [3.05, 3.63) is 81.5 Å². The van der Waals surface area contributed by atoms with E-state index >= 15 is 4.39 Å². The van der Waals surface area contributed by atoms with Crippen LogP contribution in [-0.4, -0.2) is 61.0 Å². The molecule has 1 aliphatic heterocycles. The summed E-state index contributed by atoms with van der Waals surface area (Å²) in [5.41, 5.74) is 2.08. The van der Waals surface area contributed by atoms with E-state index in [0.29, 0.717) is 53.5 Å². The van der Waals surface area contributed by atoms with Crippen molar-refractivity contribution in [1.82, 2.24) is 29.4 Å². The number of fused-ring (bicyclic) bond motifs is 1. The van der Waals surface area contributed by atoms with Gasteiger partial charge in [0.15, 0.2) is 5.65 Å². The van der Waals surface area contributed by atoms with Gasteiger partial charge in [0, 0.05) is 36.8 Å². The molecule has 0 spiro atoms. The number of benzene rings is 1. The number of halogens is 2. The zero-order valence-corrected chi connectivity index (χ0v) is 26.1. The fraction of sp³-hybridized carbons (Fsp3) is 0.333. The van der Waals surface area contributed by atoms with Gasteiger partial charge in [0.05, 0.1) is 33.2 Å². The van der Waals surface area contributed by atoms with Crippen molar-refractivity contribution in [3.63, 3.8) is 0 Å². The second-order valence-electron chi connectivity index (χ2n) is 11.4. The number of carbonyl (C=O) groups excluding carboxylic acids is 1. The Morgan fingerprint density at radius 2 is 1.82 bits per heavy atom. The summed E-state index contributed by atoms with van der Waals surface area (Å²) in [6, 6.07) is 5.85. The van der Waals surface area contributed by atoms with E-state index in [2.05, 4.69) is 27.5 Å². The minimum Gasteiger partial charge on any atom is -0.350 e. The van der Waals surface area contributed by atoms with Gasteiger partial charge in [0.2, 0.25) is 5.91 Å². The van der Waals surface area contributed by atoms with E-state index in [4.69, 9.17) is 23.0 Å². The van der Waals surface area contributed by atoms with Gasteiger partial charge in [-0.1, -0.05) is 51.8 Å². The molecule has 1 fully saturated rings. The van der Waals surface area contributed by atoms with Crippen LogP contribution >= 0.6 is 11.6 Å². The number of piperazine rings is 1. The molecule has 11 heteroatoms. The SMILES string of the molecule is C#Cc1ccc(-c2nc3c(cc2Cl)c(N2CCN(C(=O)C=C)C[C@@H]2C)nc(=O)n3-c2c(C(C)C)ncnc2C(C)C)c(F)c1. The van der Waals surface area contributed by atoms with Gasteiger partial charge in [-0.2, -0.15) is 4.98 Å². The maximum Gasteiger partial charge on any atom is 0.355 e. The van der Waals surface area contributed by atoms with Gasteiger partial charge in [-0.3, -0.25) is 4.79 Å². The van der Waals surface area contributed by atoms with Crippen LogP contribution in [0.1, 0.15) is 63.4 Å². The summed E-state index contributed by atoms with van der Waals surface area (Å²) in [5, 5.41) is 0.659. The molecule has 1 amide bonds. The van der Waals surface area contributed by atoms with E-state index in [0.717, 1.165) is 0 Å². The van der Waals surface area contributed by atoms with Crippen LogP contribution in [0.15, 0.2) is 48.0 Å². The average Bonchev–Trinajstić information content (AvgIpc) is 3.00. The third-order valence-electron chi connectivity index (χ3n) is 7.77. The van der Waals surface area contributed by atoms with Gasteiger partial charge in [-0.25, -0.2) is 28.7 Å². The number of hydrogen-bond donors (Lipinski definition) is 0. The highest BCUT2D eigenvalue weighted by Crippen LogP contribution is 2.37. The van der Waals surface area contributed by atoms with E-state index in [1.165, 1.54) is 29.1 Å². The molecule has 1 atom stereocenters. The van der Waals surface area contributed by atoms with Crippen LogP contribution in [0.4, 0.5) is 10.2 Å². The number of anilines is 1. The van der Waals surface area contributed by atoms with E-state index in [1.807, 2.05) is 39.5 Å². The molecule has 1 saturated heterocycles. The summed E-state index contributed by atoms with van der Waals surface area (Å²) in [7, 11) is 0. The number of carbonyl (C=O) groups is 1. The quantitative estimate of drug-likeness (QED) is 0.210. The van der Waals surface area contributed by atoms with Crippen molar-refractivity contribution in [2.24, 2.45) is 0 Å². The van der Waals surface area contributed by atoms with Gasteiger partial charge in [0.1, 0.15) is 18.0 Å². The molecule has 4 heterocycles. The molecule has 9 nitrogen and oxygen atoms in total. The molecule has 44 heavy (non-hydrogen) atoms. The molecule has 5 rings (SSSR count). The fourth-order valence-corrected chi connectivity index (χ4v) is 5.85. The average molecular weight is 614 g/mol. The van der Waals surface area contributed by atoms with Gasteiger partial charge < -0.3 is 9.80 Å². The lowest BCUT2D eigenvalue weighted by atomic mass is 10.0. The number of hydrogen-bond acceptors (Lipinski definition) is 7. The van der Waals surface area contributed by atoms with E-state index < -0.39 is 11.5 Å². The second-order valence-corrected chi connectivity index (χ2v) is 11.8. The molecule has 1 aromatic carbocycles. The minimum absolute atomic E-state index is 0.0665. The van der Waals surface area contributed by atoms with Crippen molar-refractivity contribution in [2.75, 3.05) is 24.5 Å². The smallest absolute Gasteiger partial charge is 0.350 e. The van der Waals surface area contributed by atoms with E-state index in [9.17, 15) is 9.59 Å². The Morgan fingerprint density at radius 3 is 2.39 bits per heavy atom. The van der Waals surface area contributed by atoms with Crippen molar-refractivity contribution >= 4 is 34.4 Å². The van der Waals surface area contributed by atoms with E-state index in [1.54, 1.807) is 17.0 Å². The first-order valence-corrected chi connectivity index (χ1v) is 14.8. The molecular weight excluding hydrogens is 581 g/mol. The number of nitrogens with zero attached hydrogens (tertiary/aromatic N) is 7. The lowest BCUT2D eigenvalue weighted by Crippen LogP contribution is -2.54. The number of rotatable bonds is 6. The molecule has 0 bridgehead atoms. The molecule has 0 aliphatic carbocycles. The Hall–Kier alpha value is -4.62. The van der Waals surface area contributed by atoms with Gasteiger partial charge in [0.25, 0.3) is 0 Å². The molecule has 4 aromatic rings. The number of amides is 1. The normalized spacial score (nSPS) is 15.2. The number of pyridine rings is 1. The first-order chi connectivity index (χ1) is 21.0. The number of aromatic nitrogens is 5. The Kier molecular flexibility index (Phi) is 8.53. The van der Waals surface area contributed by atoms with Crippen LogP contribution in [0.25, 0.3) is 28.0 Å². The fourth-order valence-electron chi connectivity index (χ4n) is 5.59. The Bertz CT molecular complexity index is 1870. The second kappa shape index (κ2) is 12.2. The van der Waals surface area contributed by atoms with Crippen LogP contribution in [0.2, 0.25) is 5.02 Å². The highest BCUT2D eigenvalue weighted by molar-refractivity contribution is 6.33. The third-order valence-corrected chi connectivity index (χ3v) is 8.06. The summed E-state index contributed by atoms with van der Waals surface area (Å²) < 4.78 is 16.8. The number of terminal acetylenes is 1. The molecule has 226 valence electrons. The predicted molar refractivity (Wildman–Crippen MR) is 171 cm³/mol. The van der Waals surface area contributed by atoms with Crippen molar-refractivity contribution in [3.8, 4) is 29.3 Å². The van der Waals surface area contributed by atoms with Crippen molar-refractivity contribution in [2.45, 2.75) is 52.5 Å². The lowest BCUT2D eigenvalue weighted by Gasteiger charge is -2.40. The van der Waals surface area contributed by atoms with Crippen molar-refractivity contribution in [1.29, 1.82) is 0 Å². The Balaban J connectivity index is 1.85. The van der Waals surface area contributed by atoms with Gasteiger partial charge >= 0.3 is 5.69 Å². The zero-order chi connectivity index (χ0) is 31.9. The topological polar surface area (TPSA) is 97.1 Å².